The topological polar surface area (TPSA) is 55.1 Å². The van der Waals surface area contributed by atoms with Crippen LogP contribution in [0.25, 0.3) is 0 Å². The number of carbonyl (C=O) groups is 1. The molecule has 108 valence electrons. The molecule has 2 aromatic rings. The minimum absolute atomic E-state index is 0.0595. The molecule has 3 unspecified atom stereocenters. The summed E-state index contributed by atoms with van der Waals surface area (Å²) < 4.78 is 0. The molecule has 0 heterocycles. The van der Waals surface area contributed by atoms with Gasteiger partial charge >= 0.3 is 0 Å². The van der Waals surface area contributed by atoms with E-state index in [1.165, 1.54) is 5.56 Å². The van der Waals surface area contributed by atoms with E-state index in [0.29, 0.717) is 5.92 Å². The van der Waals surface area contributed by atoms with Gasteiger partial charge in [-0.2, -0.15) is 0 Å². The van der Waals surface area contributed by atoms with Gasteiger partial charge in [0.15, 0.2) is 0 Å². The van der Waals surface area contributed by atoms with Crippen LogP contribution in [-0.4, -0.2) is 5.91 Å². The monoisotopic (exact) mass is 280 g/mol. The van der Waals surface area contributed by atoms with Gasteiger partial charge in [-0.05, 0) is 36.5 Å². The molecule has 0 spiro atoms. The summed E-state index contributed by atoms with van der Waals surface area (Å²) >= 11 is 0. The number of nitrogens with two attached hydrogens (primary N) is 1. The fourth-order valence-electron chi connectivity index (χ4n) is 2.86. The van der Waals surface area contributed by atoms with Crippen molar-refractivity contribution in [1.29, 1.82) is 0 Å². The zero-order valence-corrected chi connectivity index (χ0v) is 12.1. The van der Waals surface area contributed by atoms with Gasteiger partial charge in [-0.3, -0.25) is 4.79 Å². The van der Waals surface area contributed by atoms with Gasteiger partial charge in [0.25, 0.3) is 0 Å². The fraction of sp³-hybridized carbons (Fsp3) is 0.278. The van der Waals surface area contributed by atoms with Crippen molar-refractivity contribution in [2.75, 3.05) is 5.73 Å². The Kier molecular flexibility index (Phi) is 3.65. The first-order chi connectivity index (χ1) is 10.2. The third kappa shape index (κ3) is 2.92. The summed E-state index contributed by atoms with van der Waals surface area (Å²) in [5, 5.41) is 3.08. The maximum absolute atomic E-state index is 12.3. The minimum atomic E-state index is -0.0595. The van der Waals surface area contributed by atoms with Crippen LogP contribution in [-0.2, 0) is 4.79 Å². The molecule has 1 saturated carbocycles. The molecule has 0 saturated heterocycles. The molecule has 0 aliphatic heterocycles. The van der Waals surface area contributed by atoms with Crippen LogP contribution in [0.15, 0.2) is 54.6 Å². The van der Waals surface area contributed by atoms with E-state index in [1.54, 1.807) is 0 Å². The van der Waals surface area contributed by atoms with Crippen molar-refractivity contribution in [3.05, 3.63) is 65.7 Å². The largest absolute Gasteiger partial charge is 0.398 e. The Morgan fingerprint density at radius 3 is 2.52 bits per heavy atom. The summed E-state index contributed by atoms with van der Waals surface area (Å²) in [5.41, 5.74) is 8.91. The third-order valence-electron chi connectivity index (χ3n) is 4.18. The van der Waals surface area contributed by atoms with Crippen molar-refractivity contribution in [2.24, 2.45) is 5.92 Å². The number of rotatable bonds is 4. The Morgan fingerprint density at radius 1 is 1.14 bits per heavy atom. The van der Waals surface area contributed by atoms with E-state index >= 15 is 0 Å². The van der Waals surface area contributed by atoms with Crippen LogP contribution in [0, 0.1) is 5.92 Å². The molecule has 3 atom stereocenters. The molecule has 21 heavy (non-hydrogen) atoms. The molecule has 1 aliphatic carbocycles. The van der Waals surface area contributed by atoms with Gasteiger partial charge in [-0.1, -0.05) is 48.5 Å². The second kappa shape index (κ2) is 5.60. The molecule has 1 fully saturated rings. The zero-order chi connectivity index (χ0) is 14.8. The second-order valence-electron chi connectivity index (χ2n) is 5.72. The van der Waals surface area contributed by atoms with E-state index in [4.69, 9.17) is 5.73 Å². The number of carbonyl (C=O) groups excluding carboxylic acids is 1. The Morgan fingerprint density at radius 2 is 1.81 bits per heavy atom. The lowest BCUT2D eigenvalue weighted by Gasteiger charge is -2.16. The van der Waals surface area contributed by atoms with Crippen LogP contribution in [0.2, 0.25) is 0 Å². The van der Waals surface area contributed by atoms with Crippen molar-refractivity contribution in [1.82, 2.24) is 5.32 Å². The molecule has 0 bridgehead atoms. The van der Waals surface area contributed by atoms with E-state index in [9.17, 15) is 4.79 Å². The fourth-order valence-corrected chi connectivity index (χ4v) is 2.86. The van der Waals surface area contributed by atoms with Crippen LogP contribution in [0.5, 0.6) is 0 Å². The van der Waals surface area contributed by atoms with Crippen LogP contribution in [0.4, 0.5) is 5.69 Å². The van der Waals surface area contributed by atoms with E-state index < -0.39 is 0 Å². The van der Waals surface area contributed by atoms with Crippen LogP contribution in [0.3, 0.4) is 0 Å². The van der Waals surface area contributed by atoms with E-state index in [1.807, 2.05) is 49.4 Å². The minimum Gasteiger partial charge on any atom is -0.398 e. The summed E-state index contributed by atoms with van der Waals surface area (Å²) in [6, 6.07) is 17.8. The highest BCUT2D eigenvalue weighted by molar-refractivity contribution is 5.83. The number of hydrogen-bond acceptors (Lipinski definition) is 2. The number of hydrogen-bond donors (Lipinski definition) is 2. The van der Waals surface area contributed by atoms with E-state index in [-0.39, 0.29) is 17.9 Å². The first kappa shape index (κ1) is 13.7. The molecule has 0 aromatic heterocycles. The highest BCUT2D eigenvalue weighted by Gasteiger charge is 2.44. The number of para-hydroxylation sites is 1. The summed E-state index contributed by atoms with van der Waals surface area (Å²) in [5.74, 6) is 0.589. The number of nitrogens with one attached hydrogen (secondary N) is 1. The van der Waals surface area contributed by atoms with Gasteiger partial charge in [-0.25, -0.2) is 0 Å². The zero-order valence-electron chi connectivity index (χ0n) is 12.1. The number of amides is 1. The maximum atomic E-state index is 12.3. The van der Waals surface area contributed by atoms with Crippen LogP contribution >= 0.6 is 0 Å². The average Bonchev–Trinajstić information content (AvgIpc) is 3.29. The lowest BCUT2D eigenvalue weighted by Crippen LogP contribution is -2.28. The van der Waals surface area contributed by atoms with Crippen LogP contribution in [0.1, 0.15) is 36.4 Å². The highest BCUT2D eigenvalue weighted by Crippen LogP contribution is 2.47. The third-order valence-corrected chi connectivity index (χ3v) is 4.18. The van der Waals surface area contributed by atoms with Crippen molar-refractivity contribution in [3.63, 3.8) is 0 Å². The molecule has 0 radical (unpaired) electrons. The van der Waals surface area contributed by atoms with E-state index in [0.717, 1.165) is 17.7 Å². The predicted molar refractivity (Wildman–Crippen MR) is 84.7 cm³/mol. The van der Waals surface area contributed by atoms with Gasteiger partial charge in [0, 0.05) is 11.6 Å². The van der Waals surface area contributed by atoms with E-state index in [2.05, 4.69) is 17.4 Å². The molecular formula is C18H20N2O. The quantitative estimate of drug-likeness (QED) is 0.845. The lowest BCUT2D eigenvalue weighted by atomic mass is 10.1. The smallest absolute Gasteiger partial charge is 0.224 e. The number of anilines is 1. The predicted octanol–water partition coefficient (Wildman–Crippen LogP) is 3.25. The van der Waals surface area contributed by atoms with Gasteiger partial charge in [0.2, 0.25) is 5.91 Å². The summed E-state index contributed by atoms with van der Waals surface area (Å²) in [6.07, 6.45) is 0.937. The Hall–Kier alpha value is -2.29. The molecule has 3 nitrogen and oxygen atoms in total. The molecule has 3 rings (SSSR count). The van der Waals surface area contributed by atoms with Crippen LogP contribution < -0.4 is 11.1 Å². The molecule has 1 amide bonds. The van der Waals surface area contributed by atoms with Gasteiger partial charge < -0.3 is 11.1 Å². The number of benzene rings is 2. The first-order valence-electron chi connectivity index (χ1n) is 7.36. The van der Waals surface area contributed by atoms with Gasteiger partial charge in [-0.15, -0.1) is 0 Å². The maximum Gasteiger partial charge on any atom is 0.224 e. The van der Waals surface area contributed by atoms with Crippen molar-refractivity contribution >= 4 is 11.6 Å². The second-order valence-corrected chi connectivity index (χ2v) is 5.72. The average molecular weight is 280 g/mol. The van der Waals surface area contributed by atoms with Crippen molar-refractivity contribution in [2.45, 2.75) is 25.3 Å². The molecule has 2 aromatic carbocycles. The molecule has 3 heteroatoms. The lowest BCUT2D eigenvalue weighted by molar-refractivity contribution is -0.123. The highest BCUT2D eigenvalue weighted by atomic mass is 16.2. The van der Waals surface area contributed by atoms with Crippen molar-refractivity contribution in [3.8, 4) is 0 Å². The van der Waals surface area contributed by atoms with Gasteiger partial charge in [0.05, 0.1) is 6.04 Å². The normalized spacial score (nSPS) is 21.6. The standard InChI is InChI=1S/C18H20N2O/c1-12(14-9-5-6-10-17(14)19)20-18(21)16-11-15(16)13-7-3-2-4-8-13/h2-10,12,15-16H,11,19H2,1H3,(H,20,21). The summed E-state index contributed by atoms with van der Waals surface area (Å²) in [6.45, 7) is 1.98. The molecule has 1 aliphatic rings. The number of nitrogen functional groups attached to an aromatic ring is 1. The Bertz CT molecular complexity index is 639. The first-order valence-corrected chi connectivity index (χ1v) is 7.36. The molecular weight excluding hydrogens is 260 g/mol. The SMILES string of the molecule is CC(NC(=O)C1CC1c1ccccc1)c1ccccc1N. The summed E-state index contributed by atoms with van der Waals surface area (Å²) in [7, 11) is 0. The Balaban J connectivity index is 1.62. The Labute approximate surface area is 125 Å². The summed E-state index contributed by atoms with van der Waals surface area (Å²) in [4.78, 5) is 12.3. The van der Waals surface area contributed by atoms with Crippen molar-refractivity contribution < 1.29 is 4.79 Å². The van der Waals surface area contributed by atoms with Gasteiger partial charge in [0.1, 0.15) is 0 Å². The molecule has 3 N–H and O–H groups in total.